The zero-order valence-corrected chi connectivity index (χ0v) is 11.9. The molecule has 0 aliphatic heterocycles. The molecule has 80 valence electrons. The van der Waals surface area contributed by atoms with Crippen molar-refractivity contribution in [3.63, 3.8) is 0 Å². The first-order valence-electron chi connectivity index (χ1n) is 5.55. The van der Waals surface area contributed by atoms with E-state index in [4.69, 9.17) is 0 Å². The first-order chi connectivity index (χ1) is 6.08. The second kappa shape index (κ2) is 6.57. The zero-order valence-electron chi connectivity index (χ0n) is 9.91. The van der Waals surface area contributed by atoms with Crippen LogP contribution in [0.1, 0.15) is 34.1 Å². The van der Waals surface area contributed by atoms with Crippen LogP contribution >= 0.6 is 0 Å². The monoisotopic (exact) mass is 202 g/mol. The van der Waals surface area contributed by atoms with Gasteiger partial charge in [-0.3, -0.25) is 0 Å². The van der Waals surface area contributed by atoms with Crippen molar-refractivity contribution in [1.29, 1.82) is 0 Å². The molecule has 0 heterocycles. The zero-order chi connectivity index (χ0) is 10.3. The van der Waals surface area contributed by atoms with Crippen molar-refractivity contribution in [3.8, 4) is 0 Å². The standard InChI is InChI=1S/C10H26N2Si/c1-5-11-9(12-6-2)10(3,4)7-8-13/h9,11-12H,5-8H2,1-4,13H3. The van der Waals surface area contributed by atoms with Gasteiger partial charge < -0.3 is 10.6 Å². The molecule has 13 heavy (non-hydrogen) atoms. The molecule has 2 N–H and O–H groups in total. The lowest BCUT2D eigenvalue weighted by Gasteiger charge is -2.35. The molecule has 0 aromatic carbocycles. The van der Waals surface area contributed by atoms with Gasteiger partial charge in [0, 0.05) is 10.2 Å². The Hall–Kier alpha value is 0.137. The molecule has 0 unspecified atom stereocenters. The fraction of sp³-hybridized carbons (Fsp3) is 1.00. The van der Waals surface area contributed by atoms with E-state index in [1.807, 2.05) is 0 Å². The Kier molecular flexibility index (Phi) is 6.64. The van der Waals surface area contributed by atoms with E-state index in [-0.39, 0.29) is 0 Å². The summed E-state index contributed by atoms with van der Waals surface area (Å²) in [5.41, 5.74) is 0.383. The Labute approximate surface area is 86.3 Å². The molecule has 0 aromatic heterocycles. The lowest BCUT2D eigenvalue weighted by atomic mass is 9.86. The molecule has 3 heteroatoms. The molecular formula is C10H26N2Si. The molecular weight excluding hydrogens is 176 g/mol. The van der Waals surface area contributed by atoms with Gasteiger partial charge in [0.05, 0.1) is 6.17 Å². The van der Waals surface area contributed by atoms with Crippen LogP contribution in [-0.2, 0) is 0 Å². The molecule has 0 bridgehead atoms. The average molecular weight is 202 g/mol. The van der Waals surface area contributed by atoms with Gasteiger partial charge >= 0.3 is 0 Å². The first kappa shape index (κ1) is 13.1. The second-order valence-electron chi connectivity index (χ2n) is 4.29. The van der Waals surface area contributed by atoms with Crippen LogP contribution in [0.2, 0.25) is 6.04 Å². The fourth-order valence-electron chi connectivity index (χ4n) is 1.82. The van der Waals surface area contributed by atoms with Gasteiger partial charge in [-0.05, 0) is 24.9 Å². The molecule has 2 nitrogen and oxygen atoms in total. The Morgan fingerprint density at radius 2 is 1.62 bits per heavy atom. The predicted molar refractivity (Wildman–Crippen MR) is 64.3 cm³/mol. The molecule has 0 aromatic rings. The van der Waals surface area contributed by atoms with E-state index in [2.05, 4.69) is 38.3 Å². The van der Waals surface area contributed by atoms with Gasteiger partial charge in [0.25, 0.3) is 0 Å². The summed E-state index contributed by atoms with van der Waals surface area (Å²) in [6, 6.07) is 1.39. The summed E-state index contributed by atoms with van der Waals surface area (Å²) in [5, 5.41) is 7.03. The van der Waals surface area contributed by atoms with Gasteiger partial charge in [-0.15, -0.1) is 0 Å². The maximum absolute atomic E-state index is 3.51. The highest BCUT2D eigenvalue weighted by Crippen LogP contribution is 2.25. The molecule has 0 saturated heterocycles. The summed E-state index contributed by atoms with van der Waals surface area (Å²) >= 11 is 0. The average Bonchev–Trinajstić information content (AvgIpc) is 2.04. The highest BCUT2D eigenvalue weighted by atomic mass is 28.1. The van der Waals surface area contributed by atoms with Crippen LogP contribution in [0.5, 0.6) is 0 Å². The van der Waals surface area contributed by atoms with Crippen LogP contribution in [0.3, 0.4) is 0 Å². The summed E-state index contributed by atoms with van der Waals surface area (Å²) in [6.07, 6.45) is 1.79. The molecule has 0 amide bonds. The fourth-order valence-corrected chi connectivity index (χ4v) is 3.11. The molecule has 0 rings (SSSR count). The molecule has 0 fully saturated rings. The molecule has 0 radical (unpaired) electrons. The van der Waals surface area contributed by atoms with Gasteiger partial charge in [0.1, 0.15) is 0 Å². The van der Waals surface area contributed by atoms with Crippen molar-refractivity contribution in [2.24, 2.45) is 5.41 Å². The minimum atomic E-state index is 0.383. The summed E-state index contributed by atoms with van der Waals surface area (Å²) in [6.45, 7) is 11.1. The highest BCUT2D eigenvalue weighted by Gasteiger charge is 2.26. The van der Waals surface area contributed by atoms with Gasteiger partial charge in [-0.2, -0.15) is 0 Å². The quantitative estimate of drug-likeness (QED) is 0.470. The lowest BCUT2D eigenvalue weighted by molar-refractivity contribution is 0.200. The van der Waals surface area contributed by atoms with Crippen LogP contribution in [0, 0.1) is 5.41 Å². The Bertz CT molecular complexity index is 120. The number of hydrogen-bond acceptors (Lipinski definition) is 2. The topological polar surface area (TPSA) is 24.1 Å². The van der Waals surface area contributed by atoms with Crippen LogP contribution in [0.25, 0.3) is 0 Å². The molecule has 0 atom stereocenters. The van der Waals surface area contributed by atoms with E-state index in [0.717, 1.165) is 13.1 Å². The first-order valence-corrected chi connectivity index (χ1v) is 6.96. The van der Waals surface area contributed by atoms with Crippen molar-refractivity contribution < 1.29 is 0 Å². The van der Waals surface area contributed by atoms with Crippen molar-refractivity contribution in [1.82, 2.24) is 10.6 Å². The molecule has 0 aliphatic rings. The van der Waals surface area contributed by atoms with E-state index in [1.54, 1.807) is 0 Å². The third kappa shape index (κ3) is 4.79. The van der Waals surface area contributed by atoms with E-state index in [0.29, 0.717) is 11.6 Å². The van der Waals surface area contributed by atoms with Crippen molar-refractivity contribution in [2.75, 3.05) is 13.1 Å². The van der Waals surface area contributed by atoms with Gasteiger partial charge in [0.15, 0.2) is 0 Å². The maximum Gasteiger partial charge on any atom is 0.0624 e. The van der Waals surface area contributed by atoms with Crippen LogP contribution in [0.15, 0.2) is 0 Å². The number of nitrogens with one attached hydrogen (secondary N) is 2. The smallest absolute Gasteiger partial charge is 0.0624 e. The van der Waals surface area contributed by atoms with Crippen LogP contribution < -0.4 is 10.6 Å². The third-order valence-electron chi connectivity index (χ3n) is 2.49. The van der Waals surface area contributed by atoms with E-state index >= 15 is 0 Å². The Balaban J connectivity index is 4.13. The minimum absolute atomic E-state index is 0.383. The Morgan fingerprint density at radius 3 is 1.92 bits per heavy atom. The number of rotatable bonds is 7. The molecule has 0 saturated carbocycles. The second-order valence-corrected chi connectivity index (χ2v) is 5.29. The van der Waals surface area contributed by atoms with Crippen LogP contribution in [0.4, 0.5) is 0 Å². The lowest BCUT2D eigenvalue weighted by Crippen LogP contribution is -2.52. The maximum atomic E-state index is 3.51. The summed E-state index contributed by atoms with van der Waals surface area (Å²) in [5.74, 6) is 0. The van der Waals surface area contributed by atoms with E-state index in [9.17, 15) is 0 Å². The summed E-state index contributed by atoms with van der Waals surface area (Å²) < 4.78 is 0. The number of hydrogen-bond donors (Lipinski definition) is 2. The van der Waals surface area contributed by atoms with Gasteiger partial charge in [-0.1, -0.05) is 33.7 Å². The predicted octanol–water partition coefficient (Wildman–Crippen LogP) is 0.731. The van der Waals surface area contributed by atoms with Crippen molar-refractivity contribution in [3.05, 3.63) is 0 Å². The van der Waals surface area contributed by atoms with Gasteiger partial charge in [0.2, 0.25) is 0 Å². The van der Waals surface area contributed by atoms with Crippen molar-refractivity contribution in [2.45, 2.75) is 46.3 Å². The SMILES string of the molecule is CCNC(NCC)C(C)(C)CC[SiH3]. The third-order valence-corrected chi connectivity index (χ3v) is 2.99. The normalized spacial score (nSPS) is 12.7. The van der Waals surface area contributed by atoms with Crippen molar-refractivity contribution >= 4 is 10.2 Å². The van der Waals surface area contributed by atoms with E-state index in [1.165, 1.54) is 22.7 Å². The Morgan fingerprint density at radius 1 is 1.15 bits per heavy atom. The van der Waals surface area contributed by atoms with Gasteiger partial charge in [-0.25, -0.2) is 0 Å². The van der Waals surface area contributed by atoms with Crippen LogP contribution in [-0.4, -0.2) is 29.5 Å². The summed E-state index contributed by atoms with van der Waals surface area (Å²) in [7, 11) is 1.32. The molecule has 0 aliphatic carbocycles. The van der Waals surface area contributed by atoms with E-state index < -0.39 is 0 Å². The largest absolute Gasteiger partial charge is 0.302 e. The minimum Gasteiger partial charge on any atom is -0.302 e. The molecule has 0 spiro atoms. The summed E-state index contributed by atoms with van der Waals surface area (Å²) in [4.78, 5) is 0. The highest BCUT2D eigenvalue weighted by molar-refractivity contribution is 6.08.